The van der Waals surface area contributed by atoms with E-state index in [0.29, 0.717) is 12.3 Å². The first-order chi connectivity index (χ1) is 17.2. The third kappa shape index (κ3) is 5.44. The Morgan fingerprint density at radius 1 is 0.886 bits per heavy atom. The highest BCUT2D eigenvalue weighted by molar-refractivity contribution is 5.96. The first-order valence-electron chi connectivity index (χ1n) is 12.6. The molecule has 0 aromatic heterocycles. The topological polar surface area (TPSA) is 41.9 Å². The van der Waals surface area contributed by atoms with Gasteiger partial charge in [0.1, 0.15) is 11.5 Å². The molecular weight excluding hydrogens is 432 g/mol. The average molecular weight is 465 g/mol. The molecule has 1 saturated heterocycles. The Morgan fingerprint density at radius 3 is 2.20 bits per heavy atom. The van der Waals surface area contributed by atoms with Crippen LogP contribution in [0.2, 0.25) is 0 Å². The molecule has 35 heavy (non-hydrogen) atoms. The Bertz CT molecular complexity index is 1150. The van der Waals surface area contributed by atoms with Gasteiger partial charge < -0.3 is 9.64 Å². The van der Waals surface area contributed by atoms with Gasteiger partial charge in [-0.1, -0.05) is 60.7 Å². The molecule has 1 atom stereocenters. The predicted molar refractivity (Wildman–Crippen MR) is 141 cm³/mol. The van der Waals surface area contributed by atoms with Gasteiger partial charge in [0.05, 0.1) is 0 Å². The van der Waals surface area contributed by atoms with Crippen molar-refractivity contribution in [2.75, 3.05) is 19.6 Å². The van der Waals surface area contributed by atoms with Crippen LogP contribution in [0.1, 0.15) is 42.7 Å². The monoisotopic (exact) mass is 464 g/mol. The summed E-state index contributed by atoms with van der Waals surface area (Å²) in [7, 11) is 0. The highest BCUT2D eigenvalue weighted by atomic mass is 16.5. The maximum atomic E-state index is 13.2. The molecule has 4 nitrogen and oxygen atoms in total. The van der Waals surface area contributed by atoms with E-state index in [-0.39, 0.29) is 5.78 Å². The van der Waals surface area contributed by atoms with E-state index in [2.05, 4.69) is 34.2 Å². The summed E-state index contributed by atoms with van der Waals surface area (Å²) in [6.07, 6.45) is 9.27. The van der Waals surface area contributed by atoms with Crippen molar-refractivity contribution in [2.24, 2.45) is 4.99 Å². The number of benzene rings is 3. The molecule has 0 radical (unpaired) electrons. The Balaban J connectivity index is 1.08. The summed E-state index contributed by atoms with van der Waals surface area (Å²) in [5, 5.41) is 0. The van der Waals surface area contributed by atoms with E-state index < -0.39 is 5.54 Å². The fourth-order valence-electron chi connectivity index (χ4n) is 5.15. The van der Waals surface area contributed by atoms with Crippen LogP contribution in [0, 0.1) is 0 Å². The normalized spacial score (nSPS) is 20.2. The largest absolute Gasteiger partial charge is 0.457 e. The molecule has 1 fully saturated rings. The number of hydrogen-bond donors (Lipinski definition) is 0. The zero-order valence-corrected chi connectivity index (χ0v) is 20.1. The van der Waals surface area contributed by atoms with Crippen LogP contribution < -0.4 is 4.74 Å². The summed E-state index contributed by atoms with van der Waals surface area (Å²) in [5.41, 5.74) is 1.51. The Kier molecular flexibility index (Phi) is 7.20. The van der Waals surface area contributed by atoms with Crippen molar-refractivity contribution in [2.45, 2.75) is 37.1 Å². The fraction of sp³-hybridized carbons (Fsp3) is 0.290. The number of Topliss-reactive ketones (excluding diaryl/α,β-unsaturated/α-hetero) is 1. The second-order valence-corrected chi connectivity index (χ2v) is 9.40. The molecule has 0 saturated carbocycles. The molecule has 178 valence electrons. The third-order valence-electron chi connectivity index (χ3n) is 7.14. The minimum atomic E-state index is -0.829. The smallest absolute Gasteiger partial charge is 0.168 e. The summed E-state index contributed by atoms with van der Waals surface area (Å²) in [4.78, 5) is 20.3. The molecule has 2 aliphatic heterocycles. The maximum absolute atomic E-state index is 13.2. The van der Waals surface area contributed by atoms with Gasteiger partial charge in [0.15, 0.2) is 11.3 Å². The number of carbonyl (C=O) groups excluding carboxylic acids is 1. The molecule has 3 aromatic carbocycles. The summed E-state index contributed by atoms with van der Waals surface area (Å²) < 4.78 is 5.92. The molecule has 0 amide bonds. The lowest BCUT2D eigenvalue weighted by molar-refractivity contribution is -0.122. The van der Waals surface area contributed by atoms with Gasteiger partial charge in [0.25, 0.3) is 0 Å². The van der Waals surface area contributed by atoms with Gasteiger partial charge in [-0.05, 0) is 92.4 Å². The van der Waals surface area contributed by atoms with Crippen molar-refractivity contribution >= 4 is 12.0 Å². The van der Waals surface area contributed by atoms with E-state index >= 15 is 0 Å². The number of rotatable bonds is 9. The lowest BCUT2D eigenvalue weighted by Gasteiger charge is -2.32. The fourth-order valence-corrected chi connectivity index (χ4v) is 5.15. The lowest BCUT2D eigenvalue weighted by atomic mass is 9.84. The average Bonchev–Trinajstić information content (AvgIpc) is 3.42. The van der Waals surface area contributed by atoms with Gasteiger partial charge >= 0.3 is 0 Å². The Morgan fingerprint density at radius 2 is 1.54 bits per heavy atom. The van der Waals surface area contributed by atoms with Gasteiger partial charge in [0, 0.05) is 12.6 Å². The highest BCUT2D eigenvalue weighted by Gasteiger charge is 2.37. The van der Waals surface area contributed by atoms with Crippen LogP contribution in [-0.2, 0) is 10.3 Å². The van der Waals surface area contributed by atoms with E-state index in [9.17, 15) is 4.79 Å². The van der Waals surface area contributed by atoms with Crippen molar-refractivity contribution < 1.29 is 9.53 Å². The number of para-hydroxylation sites is 1. The molecule has 3 aromatic rings. The zero-order chi connectivity index (χ0) is 23.9. The van der Waals surface area contributed by atoms with E-state index in [1.807, 2.05) is 72.8 Å². The molecule has 2 heterocycles. The summed E-state index contributed by atoms with van der Waals surface area (Å²) in [6, 6.07) is 28.3. The van der Waals surface area contributed by atoms with E-state index in [1.165, 1.54) is 5.56 Å². The molecule has 0 bridgehead atoms. The van der Waals surface area contributed by atoms with Crippen LogP contribution in [0.4, 0.5) is 0 Å². The quantitative estimate of drug-likeness (QED) is 0.361. The van der Waals surface area contributed by atoms with Crippen molar-refractivity contribution in [3.8, 4) is 11.5 Å². The van der Waals surface area contributed by atoms with Gasteiger partial charge in [-0.25, -0.2) is 0 Å². The van der Waals surface area contributed by atoms with E-state index in [4.69, 9.17) is 4.74 Å². The predicted octanol–water partition coefficient (Wildman–Crippen LogP) is 6.54. The van der Waals surface area contributed by atoms with Gasteiger partial charge in [-0.2, -0.15) is 0 Å². The molecule has 0 aliphatic carbocycles. The maximum Gasteiger partial charge on any atom is 0.168 e. The van der Waals surface area contributed by atoms with Crippen molar-refractivity contribution in [3.63, 3.8) is 0 Å². The van der Waals surface area contributed by atoms with Crippen LogP contribution >= 0.6 is 0 Å². The van der Waals surface area contributed by atoms with Gasteiger partial charge in [-0.15, -0.1) is 0 Å². The number of carbonyl (C=O) groups is 1. The number of nitrogens with zero attached hydrogens (tertiary/aromatic N) is 2. The summed E-state index contributed by atoms with van der Waals surface area (Å²) in [5.74, 6) is 2.49. The third-order valence-corrected chi connectivity index (χ3v) is 7.14. The Labute approximate surface area is 208 Å². The number of ketones is 1. The standard InChI is InChI=1S/C31H32N2O2/c34-30(31(20-8-21-32-31)27-9-3-1-4-10-27)13-7-22-33-23-18-26(19-24-33)25-14-16-29(17-15-25)35-28-11-5-2-6-12-28/h1-6,8-12,14-17,20-21,26H,7,13,18-19,22-24H2. The second-order valence-electron chi connectivity index (χ2n) is 9.40. The highest BCUT2D eigenvalue weighted by Crippen LogP contribution is 2.33. The number of aliphatic imine (C=N–C) groups is 1. The first-order valence-corrected chi connectivity index (χ1v) is 12.6. The van der Waals surface area contributed by atoms with E-state index in [1.54, 1.807) is 6.21 Å². The second kappa shape index (κ2) is 10.8. The minimum absolute atomic E-state index is 0.182. The van der Waals surface area contributed by atoms with Crippen molar-refractivity contribution in [1.82, 2.24) is 4.90 Å². The molecule has 5 rings (SSSR count). The van der Waals surface area contributed by atoms with Crippen LogP contribution in [0.15, 0.2) is 102 Å². The number of ether oxygens (including phenoxy) is 1. The van der Waals surface area contributed by atoms with Crippen molar-refractivity contribution in [3.05, 3.63) is 108 Å². The molecular formula is C31H32N2O2. The number of likely N-dealkylation sites (tertiary alicyclic amines) is 1. The summed E-state index contributed by atoms with van der Waals surface area (Å²) >= 11 is 0. The van der Waals surface area contributed by atoms with Gasteiger partial charge in [0.2, 0.25) is 0 Å². The Hall–Kier alpha value is -3.50. The number of allylic oxidation sites excluding steroid dienone is 1. The van der Waals surface area contributed by atoms with Crippen LogP contribution in [0.3, 0.4) is 0 Å². The molecule has 1 unspecified atom stereocenters. The number of piperidine rings is 1. The summed E-state index contributed by atoms with van der Waals surface area (Å²) in [6.45, 7) is 3.10. The SMILES string of the molecule is O=C(CCCN1CCC(c2ccc(Oc3ccccc3)cc2)CC1)C1(c2ccccc2)C=CC=N1. The minimum Gasteiger partial charge on any atom is -0.457 e. The van der Waals surface area contributed by atoms with Crippen LogP contribution in [0.25, 0.3) is 0 Å². The van der Waals surface area contributed by atoms with Gasteiger partial charge in [-0.3, -0.25) is 9.79 Å². The molecule has 4 heteroatoms. The molecule has 0 spiro atoms. The lowest BCUT2D eigenvalue weighted by Crippen LogP contribution is -2.35. The zero-order valence-electron chi connectivity index (χ0n) is 20.1. The van der Waals surface area contributed by atoms with E-state index in [0.717, 1.165) is 56.0 Å². The molecule has 0 N–H and O–H groups in total. The molecule has 2 aliphatic rings. The van der Waals surface area contributed by atoms with Crippen LogP contribution in [-0.4, -0.2) is 36.5 Å². The first kappa shape index (κ1) is 23.3. The van der Waals surface area contributed by atoms with Crippen LogP contribution in [0.5, 0.6) is 11.5 Å². The van der Waals surface area contributed by atoms with Crippen molar-refractivity contribution in [1.29, 1.82) is 0 Å². The number of hydrogen-bond acceptors (Lipinski definition) is 4.